The van der Waals surface area contributed by atoms with Crippen LogP contribution in [0.1, 0.15) is 61.3 Å². The highest BCUT2D eigenvalue weighted by Crippen LogP contribution is 2.21. The molecule has 2 atom stereocenters. The van der Waals surface area contributed by atoms with Gasteiger partial charge in [0.2, 0.25) is 17.7 Å². The van der Waals surface area contributed by atoms with E-state index in [9.17, 15) is 14.4 Å². The van der Waals surface area contributed by atoms with Gasteiger partial charge in [0.05, 0.1) is 31.0 Å². The zero-order valence-electron chi connectivity index (χ0n) is 23.1. The number of carbonyl (C=O) groups is 3. The Balaban J connectivity index is 1.62. The van der Waals surface area contributed by atoms with Crippen molar-refractivity contribution in [3.8, 4) is 0 Å². The van der Waals surface area contributed by atoms with Gasteiger partial charge >= 0.3 is 0 Å². The van der Waals surface area contributed by atoms with Crippen molar-refractivity contribution in [2.24, 2.45) is 5.92 Å². The maximum absolute atomic E-state index is 13.5. The van der Waals surface area contributed by atoms with Gasteiger partial charge in [-0.15, -0.1) is 0 Å². The molecule has 11 nitrogen and oxygen atoms in total. The van der Waals surface area contributed by atoms with E-state index >= 15 is 0 Å². The van der Waals surface area contributed by atoms with E-state index < -0.39 is 12.1 Å². The molecule has 11 heteroatoms. The molecule has 3 aromatic rings. The topological polar surface area (TPSA) is 138 Å². The van der Waals surface area contributed by atoms with E-state index in [0.717, 1.165) is 11.3 Å². The molecule has 2 aromatic heterocycles. The van der Waals surface area contributed by atoms with E-state index in [1.165, 1.54) is 0 Å². The molecular weight excluding hydrogens is 496 g/mol. The van der Waals surface area contributed by atoms with Gasteiger partial charge in [-0.05, 0) is 31.7 Å². The Labute approximate surface area is 228 Å². The highest BCUT2D eigenvalue weighted by molar-refractivity contribution is 5.88. The number of benzene rings is 1. The number of hydrogen-bond acceptors (Lipinski definition) is 6. The summed E-state index contributed by atoms with van der Waals surface area (Å²) in [7, 11) is 0. The summed E-state index contributed by atoms with van der Waals surface area (Å²) < 4.78 is 1.79. The molecule has 0 spiro atoms. The number of hydrogen-bond donors (Lipinski definition) is 3. The van der Waals surface area contributed by atoms with Crippen LogP contribution in [0.5, 0.6) is 0 Å². The average Bonchev–Trinajstić information content (AvgIpc) is 3.48. The van der Waals surface area contributed by atoms with Gasteiger partial charge in [0.25, 0.3) is 0 Å². The van der Waals surface area contributed by atoms with Gasteiger partial charge < -0.3 is 20.5 Å². The van der Waals surface area contributed by atoms with E-state index in [0.29, 0.717) is 49.8 Å². The molecule has 0 aliphatic carbocycles. The van der Waals surface area contributed by atoms with Crippen LogP contribution in [0, 0.1) is 19.8 Å². The number of rotatable bonds is 5. The molecule has 208 valence electrons. The van der Waals surface area contributed by atoms with E-state index in [2.05, 4.69) is 30.7 Å². The summed E-state index contributed by atoms with van der Waals surface area (Å²) in [5, 5.41) is 10.7. The molecule has 0 bridgehead atoms. The zero-order valence-corrected chi connectivity index (χ0v) is 23.1. The minimum Gasteiger partial charge on any atom is -0.348 e. The Morgan fingerprint density at radius 2 is 1.85 bits per heavy atom. The molecule has 0 radical (unpaired) electrons. The fraction of sp³-hybridized carbons (Fsp3) is 0.500. The van der Waals surface area contributed by atoms with Crippen LogP contribution < -0.4 is 10.6 Å². The fourth-order valence-corrected chi connectivity index (χ4v) is 4.80. The third-order valence-corrected chi connectivity index (χ3v) is 7.00. The number of nitrogens with one attached hydrogen (secondary N) is 3. The Bertz CT molecular complexity index is 1280. The van der Waals surface area contributed by atoms with Crippen molar-refractivity contribution >= 4 is 17.7 Å². The molecule has 1 aliphatic rings. The summed E-state index contributed by atoms with van der Waals surface area (Å²) in [6, 6.07) is 8.45. The number of aromatic nitrogens is 5. The molecule has 39 heavy (non-hydrogen) atoms. The number of fused-ring (bicyclic) bond motifs is 1. The first-order valence-corrected chi connectivity index (χ1v) is 13.5. The average molecular weight is 535 g/mol. The van der Waals surface area contributed by atoms with Crippen molar-refractivity contribution in [1.82, 2.24) is 40.3 Å². The monoisotopic (exact) mass is 534 g/mol. The third kappa shape index (κ3) is 7.30. The van der Waals surface area contributed by atoms with Gasteiger partial charge in [0.15, 0.2) is 0 Å². The molecule has 3 amide bonds. The lowest BCUT2D eigenvalue weighted by molar-refractivity contribution is -0.131. The number of aromatic amines is 1. The summed E-state index contributed by atoms with van der Waals surface area (Å²) in [6.45, 7) is 8.94. The maximum atomic E-state index is 13.5. The van der Waals surface area contributed by atoms with Crippen LogP contribution in [0.3, 0.4) is 0 Å². The van der Waals surface area contributed by atoms with Crippen LogP contribution >= 0.6 is 0 Å². The van der Waals surface area contributed by atoms with Crippen LogP contribution in [-0.2, 0) is 33.8 Å². The van der Waals surface area contributed by atoms with Crippen LogP contribution in [-0.4, -0.2) is 66.5 Å². The Kier molecular flexibility index (Phi) is 9.11. The van der Waals surface area contributed by atoms with E-state index in [1.54, 1.807) is 15.9 Å². The smallest absolute Gasteiger partial charge is 0.243 e. The molecule has 0 fully saturated rings. The number of nitrogens with zero attached hydrogens (tertiary/aromatic N) is 5. The Hall–Kier alpha value is -4.02. The molecule has 3 heterocycles. The molecule has 0 saturated heterocycles. The zero-order chi connectivity index (χ0) is 27.9. The van der Waals surface area contributed by atoms with Crippen LogP contribution in [0.25, 0.3) is 0 Å². The third-order valence-electron chi connectivity index (χ3n) is 7.00. The second kappa shape index (κ2) is 12.7. The minimum atomic E-state index is -0.748. The lowest BCUT2D eigenvalue weighted by Crippen LogP contribution is -2.50. The van der Waals surface area contributed by atoms with Crippen molar-refractivity contribution in [2.45, 2.75) is 72.0 Å². The summed E-state index contributed by atoms with van der Waals surface area (Å²) in [4.78, 5) is 53.5. The first kappa shape index (κ1) is 28.0. The quantitative estimate of drug-likeness (QED) is 0.458. The number of H-pyrrole nitrogens is 1. The van der Waals surface area contributed by atoms with Crippen molar-refractivity contribution in [2.75, 3.05) is 13.1 Å². The predicted octanol–water partition coefficient (Wildman–Crippen LogP) is 2.02. The fourth-order valence-electron chi connectivity index (χ4n) is 4.80. The molecule has 0 saturated carbocycles. The van der Waals surface area contributed by atoms with Crippen molar-refractivity contribution < 1.29 is 14.4 Å². The van der Waals surface area contributed by atoms with Crippen molar-refractivity contribution in [3.05, 3.63) is 65.3 Å². The summed E-state index contributed by atoms with van der Waals surface area (Å²) in [6.07, 6.45) is 2.79. The molecule has 0 unspecified atom stereocenters. The van der Waals surface area contributed by atoms with Crippen molar-refractivity contribution in [3.63, 3.8) is 0 Å². The first-order valence-electron chi connectivity index (χ1n) is 13.5. The van der Waals surface area contributed by atoms with Gasteiger partial charge in [0.1, 0.15) is 17.7 Å². The molecule has 1 aromatic carbocycles. The van der Waals surface area contributed by atoms with Gasteiger partial charge in [-0.25, -0.2) is 14.6 Å². The highest BCUT2D eigenvalue weighted by atomic mass is 16.2. The summed E-state index contributed by atoms with van der Waals surface area (Å²) in [5.41, 5.74) is 2.52. The largest absolute Gasteiger partial charge is 0.348 e. The SMILES string of the molecule is Cc1nc2n(n1)CCN(C(=O)Cc1nc[nH]c1C)CCCC(=O)N[C@@H](Cc1ccccc1)C(=O)N[C@@H]2C(C)C. The second-order valence-electron chi connectivity index (χ2n) is 10.4. The number of amides is 3. The number of carbonyl (C=O) groups excluding carboxylic acids is 3. The van der Waals surface area contributed by atoms with E-state index in [-0.39, 0.29) is 36.5 Å². The standard InChI is InChI=1S/C28H38N8O3/c1-18(2)26-27-31-20(4)34-36(27)14-13-35(25(38)16-22-19(3)29-17-30-22)12-8-11-24(37)32-23(28(39)33-26)15-21-9-6-5-7-10-21/h5-7,9-10,17-18,23,26H,8,11-16H2,1-4H3,(H,29,30)(H,32,37)(H,33,39)/t23-,26+/m0/s1. The van der Waals surface area contributed by atoms with Gasteiger partial charge in [-0.1, -0.05) is 44.2 Å². The predicted molar refractivity (Wildman–Crippen MR) is 145 cm³/mol. The van der Waals surface area contributed by atoms with E-state index in [4.69, 9.17) is 0 Å². The molecular formula is C28H38N8O3. The van der Waals surface area contributed by atoms with E-state index in [1.807, 2.05) is 58.0 Å². The van der Waals surface area contributed by atoms with Gasteiger partial charge in [-0.2, -0.15) is 5.10 Å². The Morgan fingerprint density at radius 1 is 1.08 bits per heavy atom. The maximum Gasteiger partial charge on any atom is 0.243 e. The number of aryl methyl sites for hydroxylation is 2. The number of imidazole rings is 1. The summed E-state index contributed by atoms with van der Waals surface area (Å²) in [5.74, 6) is 0.686. The molecule has 4 rings (SSSR count). The van der Waals surface area contributed by atoms with Crippen LogP contribution in [0.4, 0.5) is 0 Å². The highest BCUT2D eigenvalue weighted by Gasteiger charge is 2.30. The normalized spacial score (nSPS) is 19.3. The lowest BCUT2D eigenvalue weighted by atomic mass is 10.0. The van der Waals surface area contributed by atoms with Crippen LogP contribution in [0.15, 0.2) is 36.7 Å². The van der Waals surface area contributed by atoms with Crippen LogP contribution in [0.2, 0.25) is 0 Å². The molecule has 3 N–H and O–H groups in total. The van der Waals surface area contributed by atoms with Gasteiger partial charge in [0, 0.05) is 31.6 Å². The second-order valence-corrected chi connectivity index (χ2v) is 10.4. The molecule has 1 aliphatic heterocycles. The first-order chi connectivity index (χ1) is 18.7. The Morgan fingerprint density at radius 3 is 2.54 bits per heavy atom. The lowest BCUT2D eigenvalue weighted by Gasteiger charge is -2.28. The van der Waals surface area contributed by atoms with Gasteiger partial charge in [-0.3, -0.25) is 14.4 Å². The van der Waals surface area contributed by atoms with Crippen molar-refractivity contribution in [1.29, 1.82) is 0 Å². The minimum absolute atomic E-state index is 0.0117. The summed E-state index contributed by atoms with van der Waals surface area (Å²) >= 11 is 0.